The monoisotopic (exact) mass is 1570 g/mol. The fraction of sp³-hybridized carbons (Fsp3) is 0. The molecule has 0 aliphatic rings. The SMILES string of the molecule is c1ccc(-c2c3ccccc3c(-c3cccc4oc5c(-c6c7ccccc7c(-c7ccc8oc9cc%10c(-c%11cccc(-c%12c%13ccccc%13c(-c%13cccc%14oc%15c(-c%16c%17ccccc%17c(-c%17ccc%18c(c%17)oc%17ccccc%17%18)c%17ccccc%16%17)cccc%15c%13%14)c%13ccccc%12%13)c%11)cccc%10cc9c8c7)c7ccccc67)cccc5c34)c3ccccc23)cc1. The number of fused-ring (bicyclic) bond motifs is 21. The Morgan fingerprint density at radius 2 is 0.419 bits per heavy atom. The zero-order valence-electron chi connectivity index (χ0n) is 66.9. The molecule has 4 nitrogen and oxygen atoms in total. The van der Waals surface area contributed by atoms with Gasteiger partial charge in [-0.1, -0.05) is 352 Å². The van der Waals surface area contributed by atoms with Gasteiger partial charge in [-0.15, -0.1) is 0 Å². The Kier molecular flexibility index (Phi) is 14.7. The van der Waals surface area contributed by atoms with E-state index in [1.807, 2.05) is 6.07 Å². The molecule has 27 aromatic rings. The minimum atomic E-state index is 0.841. The van der Waals surface area contributed by atoms with Gasteiger partial charge in [0, 0.05) is 65.3 Å². The highest BCUT2D eigenvalue weighted by Crippen LogP contribution is 2.55. The zero-order chi connectivity index (χ0) is 80.9. The molecule has 0 saturated heterocycles. The molecule has 23 aromatic carbocycles. The third-order valence-electron chi connectivity index (χ3n) is 26.8. The summed E-state index contributed by atoms with van der Waals surface area (Å²) >= 11 is 0. The van der Waals surface area contributed by atoms with Crippen LogP contribution in [0.1, 0.15) is 0 Å². The molecule has 4 heterocycles. The fourth-order valence-corrected chi connectivity index (χ4v) is 21.7. The molecule has 0 saturated carbocycles. The number of furan rings is 4. The molecule has 0 unspecified atom stereocenters. The number of hydrogen-bond donors (Lipinski definition) is 0. The van der Waals surface area contributed by atoms with E-state index in [-0.39, 0.29) is 0 Å². The Hall–Kier alpha value is -16.4. The first-order chi connectivity index (χ1) is 61.5. The van der Waals surface area contributed by atoms with E-state index >= 15 is 0 Å². The molecule has 0 bridgehead atoms. The van der Waals surface area contributed by atoms with Crippen LogP contribution >= 0.6 is 0 Å². The molecule has 572 valence electrons. The summed E-state index contributed by atoms with van der Waals surface area (Å²) in [5, 5.41) is 29.8. The molecule has 27 rings (SSSR count). The van der Waals surface area contributed by atoms with Crippen molar-refractivity contribution in [2.75, 3.05) is 0 Å². The summed E-state index contributed by atoms with van der Waals surface area (Å²) in [5.74, 6) is 0. The highest BCUT2D eigenvalue weighted by atomic mass is 16.3. The second kappa shape index (κ2) is 26.5. The van der Waals surface area contributed by atoms with Crippen LogP contribution < -0.4 is 0 Å². The molecule has 0 N–H and O–H groups in total. The average molecular weight is 1570 g/mol. The van der Waals surface area contributed by atoms with Crippen molar-refractivity contribution in [1.29, 1.82) is 0 Å². The van der Waals surface area contributed by atoms with Gasteiger partial charge in [0.05, 0.1) is 0 Å². The first-order valence-corrected chi connectivity index (χ1v) is 42.7. The molecule has 0 fully saturated rings. The summed E-state index contributed by atoms with van der Waals surface area (Å²) in [5.41, 5.74) is 27.6. The van der Waals surface area contributed by atoms with E-state index < -0.39 is 0 Å². The number of rotatable bonds is 9. The Morgan fingerprint density at radius 3 is 0.895 bits per heavy atom. The normalized spacial score (nSPS) is 12.2. The molecule has 0 radical (unpaired) electrons. The van der Waals surface area contributed by atoms with E-state index in [4.69, 9.17) is 17.7 Å². The molecule has 0 aliphatic carbocycles. The number of para-hydroxylation sites is 3. The smallest absolute Gasteiger partial charge is 0.143 e. The van der Waals surface area contributed by atoms with Crippen LogP contribution in [-0.2, 0) is 0 Å². The summed E-state index contributed by atoms with van der Waals surface area (Å²) in [7, 11) is 0. The van der Waals surface area contributed by atoms with Gasteiger partial charge < -0.3 is 17.7 Å². The zero-order valence-corrected chi connectivity index (χ0v) is 66.9. The molecule has 0 atom stereocenters. The molecular weight excluding hydrogens is 1510 g/mol. The minimum absolute atomic E-state index is 0.841. The van der Waals surface area contributed by atoms with Crippen LogP contribution in [0.5, 0.6) is 0 Å². The van der Waals surface area contributed by atoms with E-state index in [0.29, 0.717) is 0 Å². The van der Waals surface area contributed by atoms with Crippen LogP contribution in [0.3, 0.4) is 0 Å². The number of benzene rings is 23. The van der Waals surface area contributed by atoms with Crippen molar-refractivity contribution in [3.8, 4) is 100 Å². The van der Waals surface area contributed by atoms with Crippen molar-refractivity contribution < 1.29 is 17.7 Å². The Labute approximate surface area is 710 Å². The average Bonchev–Trinajstić information content (AvgIpc) is 1.29. The Morgan fingerprint density at radius 1 is 0.121 bits per heavy atom. The first-order valence-electron chi connectivity index (χ1n) is 42.7. The van der Waals surface area contributed by atoms with Crippen molar-refractivity contribution in [1.82, 2.24) is 0 Å². The lowest BCUT2D eigenvalue weighted by Crippen LogP contribution is -1.92. The highest BCUT2D eigenvalue weighted by Gasteiger charge is 2.29. The van der Waals surface area contributed by atoms with Gasteiger partial charge in [-0.2, -0.15) is 0 Å². The van der Waals surface area contributed by atoms with Crippen molar-refractivity contribution in [2.24, 2.45) is 0 Å². The van der Waals surface area contributed by atoms with Crippen LogP contribution in [0.4, 0.5) is 0 Å². The van der Waals surface area contributed by atoms with Crippen molar-refractivity contribution in [2.45, 2.75) is 0 Å². The van der Waals surface area contributed by atoms with Crippen LogP contribution in [0, 0.1) is 0 Å². The molecule has 0 aliphatic heterocycles. The van der Waals surface area contributed by atoms with E-state index in [1.165, 1.54) is 92.8 Å². The van der Waals surface area contributed by atoms with Crippen LogP contribution in [-0.4, -0.2) is 0 Å². The van der Waals surface area contributed by atoms with Gasteiger partial charge in [-0.05, 0) is 236 Å². The van der Waals surface area contributed by atoms with Gasteiger partial charge in [-0.3, -0.25) is 0 Å². The van der Waals surface area contributed by atoms with Gasteiger partial charge in [0.1, 0.15) is 44.7 Å². The summed E-state index contributed by atoms with van der Waals surface area (Å²) < 4.78 is 28.1. The molecule has 4 aromatic heterocycles. The summed E-state index contributed by atoms with van der Waals surface area (Å²) in [6.45, 7) is 0. The number of hydrogen-bond acceptors (Lipinski definition) is 4. The third kappa shape index (κ3) is 9.96. The molecule has 4 heteroatoms. The lowest BCUT2D eigenvalue weighted by Gasteiger charge is -2.19. The van der Waals surface area contributed by atoms with Crippen molar-refractivity contribution >= 4 is 185 Å². The maximum absolute atomic E-state index is 7.32. The standard InChI is InChI=1S/C120H68O4/c1-2-28-69(29-3-1)109-78-34-4-12-42-86(78)113(87-43-13-5-35-79(87)109)94-51-26-58-105-117(94)98-55-24-53-96(119(98)123-105)115-90-46-16-8-38-82(90)111(83-39-9-17-47-91(83)115)73-61-63-104-101(66-73)102-65-71-31-23-50-75(100(71)68-108(102)122-104)70-30-22-32-72(64-70)110-80-36-6-14-44-88(80)114(89-45-15-7-37-81(89)110)95-52-27-59-106-118(95)99-56-25-54-97(120(99)124-106)116-92-48-18-10-40-84(92)112(85-41-11-19-49-93(85)116)74-60-62-77-76-33-20-21-57-103(76)121-107(77)67-74/h1-68H. The predicted molar refractivity (Wildman–Crippen MR) is 522 cm³/mol. The summed E-state index contributed by atoms with van der Waals surface area (Å²) in [4.78, 5) is 0. The fourth-order valence-electron chi connectivity index (χ4n) is 21.7. The van der Waals surface area contributed by atoms with E-state index in [0.717, 1.165) is 192 Å². The van der Waals surface area contributed by atoms with Crippen molar-refractivity contribution in [3.63, 3.8) is 0 Å². The van der Waals surface area contributed by atoms with Gasteiger partial charge in [0.15, 0.2) is 0 Å². The van der Waals surface area contributed by atoms with E-state index in [2.05, 4.69) is 406 Å². The summed E-state index contributed by atoms with van der Waals surface area (Å²) in [6, 6.07) is 151. The van der Waals surface area contributed by atoms with E-state index in [9.17, 15) is 0 Å². The maximum Gasteiger partial charge on any atom is 0.143 e. The Balaban J connectivity index is 0.561. The third-order valence-corrected chi connectivity index (χ3v) is 26.8. The minimum Gasteiger partial charge on any atom is -0.456 e. The molecular formula is C120H68O4. The van der Waals surface area contributed by atoms with E-state index in [1.54, 1.807) is 0 Å². The lowest BCUT2D eigenvalue weighted by atomic mass is 9.84. The summed E-state index contributed by atoms with van der Waals surface area (Å²) in [6.07, 6.45) is 0. The van der Waals surface area contributed by atoms with Gasteiger partial charge >= 0.3 is 0 Å². The molecule has 0 amide bonds. The van der Waals surface area contributed by atoms with Gasteiger partial charge in [-0.25, -0.2) is 0 Å². The van der Waals surface area contributed by atoms with Crippen LogP contribution in [0.25, 0.3) is 285 Å². The van der Waals surface area contributed by atoms with Crippen LogP contribution in [0.15, 0.2) is 430 Å². The van der Waals surface area contributed by atoms with Crippen LogP contribution in [0.2, 0.25) is 0 Å². The molecule has 124 heavy (non-hydrogen) atoms. The predicted octanol–water partition coefficient (Wildman–Crippen LogP) is 34.7. The second-order valence-corrected chi connectivity index (χ2v) is 33.2. The topological polar surface area (TPSA) is 52.6 Å². The van der Waals surface area contributed by atoms with Crippen molar-refractivity contribution in [3.05, 3.63) is 413 Å². The highest BCUT2D eigenvalue weighted by molar-refractivity contribution is 6.32. The van der Waals surface area contributed by atoms with Gasteiger partial charge in [0.25, 0.3) is 0 Å². The maximum atomic E-state index is 7.32. The molecule has 0 spiro atoms. The lowest BCUT2D eigenvalue weighted by molar-refractivity contribution is 0.669. The quantitative estimate of drug-likeness (QED) is 0.135. The van der Waals surface area contributed by atoms with Gasteiger partial charge in [0.2, 0.25) is 0 Å². The Bertz CT molecular complexity index is 9100. The largest absolute Gasteiger partial charge is 0.456 e. The second-order valence-electron chi connectivity index (χ2n) is 33.2. The first kappa shape index (κ1) is 68.5.